The van der Waals surface area contributed by atoms with Crippen LogP contribution in [0.3, 0.4) is 0 Å². The van der Waals surface area contributed by atoms with Crippen molar-refractivity contribution in [1.29, 1.82) is 0 Å². The minimum atomic E-state index is 0.430. The van der Waals surface area contributed by atoms with Gasteiger partial charge in [0.25, 0.3) is 0 Å². The van der Waals surface area contributed by atoms with Gasteiger partial charge in [-0.2, -0.15) is 0 Å². The zero-order chi connectivity index (χ0) is 16.9. The Kier molecular flexibility index (Phi) is 10.7. The molecule has 0 aromatic carbocycles. The van der Waals surface area contributed by atoms with Crippen LogP contribution in [0.1, 0.15) is 17.1 Å². The maximum absolute atomic E-state index is 4.67. The SMILES string of the molecule is Cc1cccc(C=N[N-]C(=[SH+])NCc2ccccn2)n1.[Cl][Cu][Cl]. The van der Waals surface area contributed by atoms with Gasteiger partial charge in [-0.05, 0) is 31.2 Å². The van der Waals surface area contributed by atoms with Crippen molar-refractivity contribution in [2.45, 2.75) is 13.5 Å². The molecule has 2 aromatic rings. The van der Waals surface area contributed by atoms with Gasteiger partial charge in [-0.1, -0.05) is 12.1 Å². The van der Waals surface area contributed by atoms with E-state index in [4.69, 9.17) is 0 Å². The number of hydrogen-bond donors (Lipinski definition) is 1. The summed E-state index contributed by atoms with van der Waals surface area (Å²) in [5, 5.41) is 7.38. The molecule has 0 aliphatic rings. The fraction of sp³-hybridized carbons (Fsp3) is 0.143. The van der Waals surface area contributed by atoms with Gasteiger partial charge in [0.05, 0.1) is 11.4 Å². The molecule has 0 unspecified atom stereocenters. The zero-order valence-electron chi connectivity index (χ0n) is 12.1. The Labute approximate surface area is 155 Å². The molecule has 2 rings (SSSR count). The molecule has 5 nitrogen and oxygen atoms in total. The number of nitrogens with zero attached hydrogens (tertiary/aromatic N) is 4. The summed E-state index contributed by atoms with van der Waals surface area (Å²) < 4.78 is 0. The van der Waals surface area contributed by atoms with Crippen molar-refractivity contribution in [3.8, 4) is 0 Å². The first-order valence-corrected chi connectivity index (χ1v) is 9.38. The third kappa shape index (κ3) is 9.61. The molecular formula is C14H15Cl2CuN5S. The number of thiol groups is 1. The van der Waals surface area contributed by atoms with Crippen molar-refractivity contribution >= 4 is 43.7 Å². The van der Waals surface area contributed by atoms with Crippen LogP contribution in [0, 0.1) is 6.92 Å². The van der Waals surface area contributed by atoms with Crippen LogP contribution in [-0.4, -0.2) is 21.3 Å². The van der Waals surface area contributed by atoms with Crippen LogP contribution in [0.15, 0.2) is 47.7 Å². The Balaban J connectivity index is 0.000000816. The molecule has 0 bridgehead atoms. The summed E-state index contributed by atoms with van der Waals surface area (Å²) in [6.45, 7) is 2.49. The Morgan fingerprint density at radius 2 is 2.13 bits per heavy atom. The molecule has 1 N–H and O–H groups in total. The van der Waals surface area contributed by atoms with Gasteiger partial charge in [0.1, 0.15) is 0 Å². The predicted octanol–water partition coefficient (Wildman–Crippen LogP) is 3.03. The number of rotatable bonds is 4. The number of pyridine rings is 2. The molecule has 0 fully saturated rings. The average Bonchev–Trinajstić information content (AvgIpc) is 2.55. The van der Waals surface area contributed by atoms with E-state index in [-0.39, 0.29) is 0 Å². The third-order valence-electron chi connectivity index (χ3n) is 2.41. The van der Waals surface area contributed by atoms with Crippen molar-refractivity contribution in [2.24, 2.45) is 5.10 Å². The minimum absolute atomic E-state index is 0.430. The van der Waals surface area contributed by atoms with Crippen molar-refractivity contribution in [3.63, 3.8) is 0 Å². The Morgan fingerprint density at radius 3 is 2.78 bits per heavy atom. The van der Waals surface area contributed by atoms with Gasteiger partial charge in [-0.3, -0.25) is 15.3 Å². The average molecular weight is 420 g/mol. The van der Waals surface area contributed by atoms with Gasteiger partial charge in [-0.15, -0.1) is 0 Å². The molecule has 0 aliphatic carbocycles. The molecule has 0 saturated carbocycles. The fourth-order valence-electron chi connectivity index (χ4n) is 1.49. The van der Waals surface area contributed by atoms with Gasteiger partial charge >= 0.3 is 33.3 Å². The van der Waals surface area contributed by atoms with E-state index in [0.29, 0.717) is 11.7 Å². The summed E-state index contributed by atoms with van der Waals surface area (Å²) in [4.78, 5) is 8.48. The van der Waals surface area contributed by atoms with Gasteiger partial charge in [0, 0.05) is 24.7 Å². The molecule has 0 aliphatic heterocycles. The molecule has 2 heterocycles. The number of nitrogens with one attached hydrogen (secondary N) is 1. The van der Waals surface area contributed by atoms with E-state index in [1.165, 1.54) is 0 Å². The summed E-state index contributed by atoms with van der Waals surface area (Å²) in [5.74, 6) is 0. The van der Waals surface area contributed by atoms with Crippen molar-refractivity contribution in [2.75, 3.05) is 0 Å². The Morgan fingerprint density at radius 1 is 1.35 bits per heavy atom. The van der Waals surface area contributed by atoms with Crippen LogP contribution in [-0.2, 0) is 31.9 Å². The van der Waals surface area contributed by atoms with Crippen LogP contribution < -0.4 is 5.32 Å². The molecule has 0 spiro atoms. The third-order valence-corrected chi connectivity index (χ3v) is 2.65. The summed E-state index contributed by atoms with van der Waals surface area (Å²) in [7, 11) is 9.34. The van der Waals surface area contributed by atoms with E-state index in [1.807, 2.05) is 43.3 Å². The normalized spacial score (nSPS) is 10.2. The van der Waals surface area contributed by atoms with Gasteiger partial charge in [0.2, 0.25) is 0 Å². The molecule has 0 saturated heterocycles. The van der Waals surface area contributed by atoms with E-state index >= 15 is 0 Å². The first-order chi connectivity index (χ1) is 11.2. The van der Waals surface area contributed by atoms with Gasteiger partial charge in [0.15, 0.2) is 17.3 Å². The van der Waals surface area contributed by atoms with Crippen molar-refractivity contribution < 1.29 is 13.1 Å². The molecule has 23 heavy (non-hydrogen) atoms. The molecule has 9 heteroatoms. The van der Waals surface area contributed by atoms with Crippen LogP contribution in [0.2, 0.25) is 0 Å². The van der Waals surface area contributed by atoms with Gasteiger partial charge in [-0.25, -0.2) is 0 Å². The second-order valence-corrected chi connectivity index (χ2v) is 6.07. The molecule has 2 aromatic heterocycles. The van der Waals surface area contributed by atoms with Crippen molar-refractivity contribution in [3.05, 3.63) is 65.1 Å². The number of hydrogen-bond acceptors (Lipinski definition) is 3. The number of aromatic nitrogens is 2. The second kappa shape index (κ2) is 12.4. The summed E-state index contributed by atoms with van der Waals surface area (Å²) in [5.41, 5.74) is 6.56. The van der Waals surface area contributed by atoms with E-state index in [1.54, 1.807) is 12.4 Å². The van der Waals surface area contributed by atoms with E-state index in [2.05, 4.69) is 58.2 Å². The van der Waals surface area contributed by atoms with Gasteiger partial charge < -0.3 is 10.5 Å². The van der Waals surface area contributed by atoms with E-state index < -0.39 is 0 Å². The fourth-order valence-corrected chi connectivity index (χ4v) is 1.62. The Hall–Kier alpha value is -1.08. The molecule has 0 radical (unpaired) electrons. The molecule has 0 atom stereocenters. The first kappa shape index (κ1) is 20.0. The summed E-state index contributed by atoms with van der Waals surface area (Å²) in [6.07, 6.45) is 3.33. The second-order valence-electron chi connectivity index (χ2n) is 4.09. The van der Waals surface area contributed by atoms with E-state index in [0.717, 1.165) is 30.2 Å². The standard InChI is InChI=1S/C14H15N5S.2ClH.Cu/c1-11-5-4-7-13(18-11)10-17-19-14(20)16-9-12-6-2-3-8-15-12;;;/h2-8,10H,9H2,1H3,(H2,16,18,19,20);2*1H;/q;;;+2/p-2. The maximum atomic E-state index is 4.67. The summed E-state index contributed by atoms with van der Waals surface area (Å²) in [6, 6.07) is 11.5. The zero-order valence-corrected chi connectivity index (χ0v) is 15.5. The van der Waals surface area contributed by atoms with Crippen LogP contribution in [0.5, 0.6) is 0 Å². The van der Waals surface area contributed by atoms with E-state index in [9.17, 15) is 0 Å². The van der Waals surface area contributed by atoms with Crippen molar-refractivity contribution in [1.82, 2.24) is 15.3 Å². The Bertz CT molecular complexity index is 628. The monoisotopic (exact) mass is 418 g/mol. The topological polar surface area (TPSA) is 64.3 Å². The number of aryl methyl sites for hydroxylation is 1. The molecule has 0 amide bonds. The van der Waals surface area contributed by atoms with Crippen LogP contribution in [0.4, 0.5) is 0 Å². The molecular weight excluding hydrogens is 405 g/mol. The quantitative estimate of drug-likeness (QED) is 0.207. The molecule has 127 valence electrons. The predicted molar refractivity (Wildman–Crippen MR) is 96.5 cm³/mol. The summed E-state index contributed by atoms with van der Waals surface area (Å²) >= 11 is 4.96. The number of halogens is 2. The van der Waals surface area contributed by atoms with Crippen LogP contribution in [0.25, 0.3) is 5.43 Å². The van der Waals surface area contributed by atoms with Crippen LogP contribution >= 0.6 is 20.2 Å². The first-order valence-electron chi connectivity index (χ1n) is 6.34.